The summed E-state index contributed by atoms with van der Waals surface area (Å²) >= 11 is 6.33. The number of rotatable bonds is 3. The topological polar surface area (TPSA) is 96.2 Å². The van der Waals surface area contributed by atoms with Crippen LogP contribution >= 0.6 is 11.6 Å². The molecule has 0 unspecified atom stereocenters. The number of nitrogens with two attached hydrogens (primary N) is 2. The first kappa shape index (κ1) is 14.4. The molecular formula is C15H15ClN5O+. The summed E-state index contributed by atoms with van der Waals surface area (Å²) in [6.07, 6.45) is 1.71. The monoisotopic (exact) mass is 316 g/mol. The molecule has 1 aliphatic rings. The zero-order valence-corrected chi connectivity index (χ0v) is 12.4. The Morgan fingerprint density at radius 3 is 2.64 bits per heavy atom. The molecule has 6 N–H and O–H groups in total. The molecule has 2 aromatic rings. The minimum absolute atomic E-state index is 0.0123. The maximum Gasteiger partial charge on any atom is 0.259 e. The third-order valence-electron chi connectivity index (χ3n) is 3.56. The molecule has 0 saturated heterocycles. The van der Waals surface area contributed by atoms with Crippen LogP contribution in [0.3, 0.4) is 0 Å². The molecular weight excluding hydrogens is 302 g/mol. The number of carbonyl (C=O) groups is 1. The number of fused-ring (bicyclic) bond motifs is 1. The number of anilines is 1. The van der Waals surface area contributed by atoms with Crippen LogP contribution in [0.4, 0.5) is 11.4 Å². The van der Waals surface area contributed by atoms with Gasteiger partial charge in [0.15, 0.2) is 5.69 Å². The highest BCUT2D eigenvalue weighted by Crippen LogP contribution is 2.36. The number of hydrazine groups is 2. The van der Waals surface area contributed by atoms with E-state index >= 15 is 0 Å². The van der Waals surface area contributed by atoms with E-state index in [0.29, 0.717) is 11.4 Å². The number of hydrazone groups is 1. The summed E-state index contributed by atoms with van der Waals surface area (Å²) in [5.41, 5.74) is 12.3. The van der Waals surface area contributed by atoms with Gasteiger partial charge in [0.1, 0.15) is 0 Å². The van der Waals surface area contributed by atoms with Crippen LogP contribution < -0.4 is 22.4 Å². The van der Waals surface area contributed by atoms with E-state index in [4.69, 9.17) is 23.2 Å². The van der Waals surface area contributed by atoms with Gasteiger partial charge in [-0.3, -0.25) is 10.5 Å². The van der Waals surface area contributed by atoms with Gasteiger partial charge in [0.25, 0.3) is 6.34 Å². The van der Waals surface area contributed by atoms with Gasteiger partial charge in [-0.2, -0.15) is 5.53 Å². The Morgan fingerprint density at radius 1 is 1.27 bits per heavy atom. The molecule has 0 aliphatic carbocycles. The van der Waals surface area contributed by atoms with Crippen molar-refractivity contribution in [1.82, 2.24) is 5.53 Å². The molecule has 1 aliphatic heterocycles. The Bertz CT molecular complexity index is 770. The quantitative estimate of drug-likeness (QED) is 0.227. The smallest absolute Gasteiger partial charge is 0.259 e. The third kappa shape index (κ3) is 2.49. The lowest BCUT2D eigenvalue weighted by Gasteiger charge is -2.09. The summed E-state index contributed by atoms with van der Waals surface area (Å²) in [5.74, 6) is 5.36. The molecule has 2 aromatic carbocycles. The molecule has 0 atom stereocenters. The molecule has 112 valence electrons. The van der Waals surface area contributed by atoms with Crippen LogP contribution in [-0.2, 0) is 11.2 Å². The van der Waals surface area contributed by atoms with Crippen LogP contribution in [0.1, 0.15) is 5.56 Å². The van der Waals surface area contributed by atoms with Gasteiger partial charge in [0, 0.05) is 11.3 Å². The van der Waals surface area contributed by atoms with E-state index in [-0.39, 0.29) is 5.91 Å². The van der Waals surface area contributed by atoms with E-state index in [2.05, 4.69) is 10.9 Å². The predicted molar refractivity (Wildman–Crippen MR) is 86.7 cm³/mol. The molecule has 6 nitrogen and oxygen atoms in total. The van der Waals surface area contributed by atoms with Crippen molar-refractivity contribution in [2.45, 2.75) is 6.42 Å². The fraction of sp³-hybridized carbons (Fsp3) is 0.0667. The largest absolute Gasteiger partial charge is 0.325 e. The van der Waals surface area contributed by atoms with Gasteiger partial charge in [-0.1, -0.05) is 23.7 Å². The average Bonchev–Trinajstić information content (AvgIpc) is 2.87. The molecule has 7 heteroatoms. The summed E-state index contributed by atoms with van der Waals surface area (Å²) in [6, 6.07) is 11.3. The maximum absolute atomic E-state index is 11.5. The van der Waals surface area contributed by atoms with E-state index in [1.165, 1.54) is 11.0 Å². The number of hydrogen-bond acceptors (Lipinski definition) is 3. The number of hydrogen-bond donors (Lipinski definition) is 4. The minimum Gasteiger partial charge on any atom is -0.325 e. The first-order chi connectivity index (χ1) is 10.6. The van der Waals surface area contributed by atoms with Crippen molar-refractivity contribution in [3.8, 4) is 11.1 Å². The Hall–Kier alpha value is -2.57. The summed E-state index contributed by atoms with van der Waals surface area (Å²) in [5, 5.41) is 3.38. The lowest BCUT2D eigenvalue weighted by molar-refractivity contribution is -0.505. The summed E-state index contributed by atoms with van der Waals surface area (Å²) in [7, 11) is 0. The Morgan fingerprint density at radius 2 is 2.00 bits per heavy atom. The van der Waals surface area contributed by atoms with Crippen molar-refractivity contribution < 1.29 is 9.48 Å². The van der Waals surface area contributed by atoms with Crippen LogP contribution in [0.25, 0.3) is 11.1 Å². The van der Waals surface area contributed by atoms with Crippen LogP contribution in [0.2, 0.25) is 5.02 Å². The third-order valence-corrected chi connectivity index (χ3v) is 3.88. The number of amides is 1. The van der Waals surface area contributed by atoms with Crippen LogP contribution in [0.5, 0.6) is 0 Å². The second kappa shape index (κ2) is 5.67. The number of carbonyl (C=O) groups excluding carboxylic acids is 1. The highest BCUT2D eigenvalue weighted by molar-refractivity contribution is 6.34. The summed E-state index contributed by atoms with van der Waals surface area (Å²) in [4.78, 5) is 11.5. The zero-order chi connectivity index (χ0) is 15.7. The van der Waals surface area contributed by atoms with Crippen molar-refractivity contribution in [3.63, 3.8) is 0 Å². The van der Waals surface area contributed by atoms with Gasteiger partial charge in [0.2, 0.25) is 5.91 Å². The van der Waals surface area contributed by atoms with Gasteiger partial charge in [0.05, 0.1) is 11.4 Å². The standard InChI is InChI=1S/C15H14ClN5O/c16-13-7-14-10(6-15(22)19-14)5-12(13)9-1-3-11(4-2-9)21(8-17)20-18/h1-5,7-8,17,20H,6,18H2,(H,19,22)/p+1. The van der Waals surface area contributed by atoms with Crippen LogP contribution in [-0.4, -0.2) is 16.9 Å². The van der Waals surface area contributed by atoms with Crippen molar-refractivity contribution in [1.29, 1.82) is 0 Å². The van der Waals surface area contributed by atoms with Crippen LogP contribution in [0, 0.1) is 0 Å². The van der Waals surface area contributed by atoms with Gasteiger partial charge < -0.3 is 5.32 Å². The average molecular weight is 317 g/mol. The number of halogens is 1. The molecule has 3 rings (SSSR count). The van der Waals surface area contributed by atoms with E-state index in [0.717, 1.165) is 28.1 Å². The highest BCUT2D eigenvalue weighted by Gasteiger charge is 2.20. The Labute approximate surface area is 132 Å². The molecule has 0 fully saturated rings. The van der Waals surface area contributed by atoms with Crippen molar-refractivity contribution in [3.05, 3.63) is 47.0 Å². The second-order valence-electron chi connectivity index (χ2n) is 4.91. The summed E-state index contributed by atoms with van der Waals surface area (Å²) in [6.45, 7) is 0. The van der Waals surface area contributed by atoms with Crippen molar-refractivity contribution >= 4 is 35.2 Å². The van der Waals surface area contributed by atoms with Crippen molar-refractivity contribution in [2.24, 2.45) is 11.6 Å². The minimum atomic E-state index is -0.0123. The molecule has 0 bridgehead atoms. The molecule has 1 amide bonds. The first-order valence-electron chi connectivity index (χ1n) is 6.65. The summed E-state index contributed by atoms with van der Waals surface area (Å²) < 4.78 is 1.48. The van der Waals surface area contributed by atoms with E-state index < -0.39 is 0 Å². The molecule has 0 radical (unpaired) electrons. The first-order valence-corrected chi connectivity index (χ1v) is 7.03. The van der Waals surface area contributed by atoms with Crippen molar-refractivity contribution in [2.75, 3.05) is 5.32 Å². The molecule has 1 heterocycles. The number of nitrogens with zero attached hydrogens (tertiary/aromatic N) is 1. The fourth-order valence-electron chi connectivity index (χ4n) is 2.47. The molecule has 0 aromatic heterocycles. The van der Waals surface area contributed by atoms with Gasteiger partial charge in [-0.15, -0.1) is 4.68 Å². The molecule has 22 heavy (non-hydrogen) atoms. The Balaban J connectivity index is 1.99. The van der Waals surface area contributed by atoms with Gasteiger partial charge in [-0.25, -0.2) is 5.84 Å². The van der Waals surface area contributed by atoms with E-state index in [1.807, 2.05) is 30.3 Å². The van der Waals surface area contributed by atoms with Crippen LogP contribution in [0.15, 0.2) is 36.4 Å². The van der Waals surface area contributed by atoms with E-state index in [1.54, 1.807) is 6.07 Å². The van der Waals surface area contributed by atoms with Gasteiger partial charge in [-0.05, 0) is 35.4 Å². The van der Waals surface area contributed by atoms with E-state index in [9.17, 15) is 4.79 Å². The lowest BCUT2D eigenvalue weighted by atomic mass is 10.0. The molecule has 0 spiro atoms. The number of benzene rings is 2. The number of nitrogens with one attached hydrogen (secondary N) is 2. The lowest BCUT2D eigenvalue weighted by Crippen LogP contribution is -2.34. The normalized spacial score (nSPS) is 13.7. The Kier molecular flexibility index (Phi) is 3.70. The van der Waals surface area contributed by atoms with Gasteiger partial charge >= 0.3 is 0 Å². The SMILES string of the molecule is N/C=[N+](\NN)c1ccc(-c2cc3c(cc2Cl)NC(=O)C3)cc1. The zero-order valence-electron chi connectivity index (χ0n) is 11.6. The second-order valence-corrected chi connectivity index (χ2v) is 5.32. The maximum atomic E-state index is 11.5. The predicted octanol–water partition coefficient (Wildman–Crippen LogP) is 1.51. The molecule has 0 saturated carbocycles. The highest BCUT2D eigenvalue weighted by atomic mass is 35.5. The fourth-order valence-corrected chi connectivity index (χ4v) is 2.75.